The van der Waals surface area contributed by atoms with E-state index >= 15 is 0 Å². The Balaban J connectivity index is 1.68. The van der Waals surface area contributed by atoms with Gasteiger partial charge in [-0.2, -0.15) is 0 Å². The van der Waals surface area contributed by atoms with E-state index in [0.717, 1.165) is 0 Å². The monoisotopic (exact) mass is 395 g/mol. The molecule has 0 aliphatic heterocycles. The first-order chi connectivity index (χ1) is 13.4. The van der Waals surface area contributed by atoms with E-state index < -0.39 is 5.82 Å². The summed E-state index contributed by atoms with van der Waals surface area (Å²) in [4.78, 5) is 17.0. The van der Waals surface area contributed by atoms with Gasteiger partial charge in [0, 0.05) is 12.5 Å². The number of hydrogen-bond acceptors (Lipinski definition) is 5. The standard InChI is InChI=1S/C20H15ClFN5O/c1-10-4-3-5-14(22)19(10)20(23)27-18-9-24-16(8-25-18)12-6-17-15(7-13(12)21)26-11(2)28-17/h3-9H,1-2H3,(H2,23,25,27). The quantitative estimate of drug-likeness (QED) is 0.400. The van der Waals surface area contributed by atoms with Crippen molar-refractivity contribution in [2.24, 2.45) is 10.7 Å². The number of rotatable bonds is 3. The molecule has 6 nitrogen and oxygen atoms in total. The highest BCUT2D eigenvalue weighted by Gasteiger charge is 2.13. The molecule has 28 heavy (non-hydrogen) atoms. The molecule has 0 saturated heterocycles. The Kier molecular flexibility index (Phi) is 4.52. The Hall–Kier alpha value is -3.32. The Morgan fingerprint density at radius 1 is 1.18 bits per heavy atom. The van der Waals surface area contributed by atoms with E-state index in [9.17, 15) is 4.39 Å². The largest absolute Gasteiger partial charge is 0.441 e. The smallest absolute Gasteiger partial charge is 0.192 e. The lowest BCUT2D eigenvalue weighted by molar-refractivity contribution is 0.561. The summed E-state index contributed by atoms with van der Waals surface area (Å²) >= 11 is 6.35. The molecular weight excluding hydrogens is 381 g/mol. The number of aromatic nitrogens is 3. The van der Waals surface area contributed by atoms with Gasteiger partial charge in [-0.05, 0) is 30.7 Å². The minimum atomic E-state index is -0.437. The molecule has 0 fully saturated rings. The van der Waals surface area contributed by atoms with E-state index in [1.165, 1.54) is 18.5 Å². The van der Waals surface area contributed by atoms with Crippen molar-refractivity contribution in [3.05, 3.63) is 70.6 Å². The first-order valence-corrected chi connectivity index (χ1v) is 8.79. The van der Waals surface area contributed by atoms with Gasteiger partial charge in [0.25, 0.3) is 0 Å². The second-order valence-corrected chi connectivity index (χ2v) is 6.63. The van der Waals surface area contributed by atoms with Crippen LogP contribution < -0.4 is 5.73 Å². The number of nitrogens with two attached hydrogens (primary N) is 1. The van der Waals surface area contributed by atoms with Crippen molar-refractivity contribution >= 4 is 34.4 Å². The fourth-order valence-electron chi connectivity index (χ4n) is 2.91. The zero-order chi connectivity index (χ0) is 19.8. The van der Waals surface area contributed by atoms with Crippen LogP contribution >= 0.6 is 11.6 Å². The van der Waals surface area contributed by atoms with E-state index in [4.69, 9.17) is 21.8 Å². The summed E-state index contributed by atoms with van der Waals surface area (Å²) in [5.74, 6) is 0.414. The Morgan fingerprint density at radius 3 is 2.71 bits per heavy atom. The van der Waals surface area contributed by atoms with Crippen LogP contribution in [-0.2, 0) is 0 Å². The van der Waals surface area contributed by atoms with Crippen LogP contribution in [0.15, 0.2) is 52.1 Å². The molecule has 4 aromatic rings. The molecule has 0 amide bonds. The summed E-state index contributed by atoms with van der Waals surface area (Å²) in [5.41, 5.74) is 9.40. The SMILES string of the molecule is Cc1nc2cc(Cl)c(-c3cnc(N=C(N)c4c(C)cccc4F)cn3)cc2o1. The maximum atomic E-state index is 14.0. The lowest BCUT2D eigenvalue weighted by Crippen LogP contribution is -2.16. The van der Waals surface area contributed by atoms with Gasteiger partial charge in [0.15, 0.2) is 17.3 Å². The van der Waals surface area contributed by atoms with E-state index in [1.807, 2.05) is 0 Å². The van der Waals surface area contributed by atoms with Crippen LogP contribution in [0.3, 0.4) is 0 Å². The summed E-state index contributed by atoms with van der Waals surface area (Å²) < 4.78 is 19.6. The Morgan fingerprint density at radius 2 is 2.00 bits per heavy atom. The molecule has 0 saturated carbocycles. The third kappa shape index (κ3) is 3.32. The summed E-state index contributed by atoms with van der Waals surface area (Å²) in [7, 11) is 0. The third-order valence-electron chi connectivity index (χ3n) is 4.21. The number of fused-ring (bicyclic) bond motifs is 1. The number of benzene rings is 2. The van der Waals surface area contributed by atoms with Gasteiger partial charge < -0.3 is 10.2 Å². The molecule has 8 heteroatoms. The van der Waals surface area contributed by atoms with Gasteiger partial charge in [-0.25, -0.2) is 19.4 Å². The normalized spacial score (nSPS) is 11.9. The van der Waals surface area contributed by atoms with Crippen molar-refractivity contribution in [1.82, 2.24) is 15.0 Å². The highest BCUT2D eigenvalue weighted by atomic mass is 35.5. The second kappa shape index (κ2) is 7.01. The average molecular weight is 396 g/mol. The summed E-state index contributed by atoms with van der Waals surface area (Å²) in [5, 5.41) is 0.479. The molecule has 2 aromatic heterocycles. The summed E-state index contributed by atoms with van der Waals surface area (Å²) in [6, 6.07) is 8.20. The summed E-state index contributed by atoms with van der Waals surface area (Å²) in [6.07, 6.45) is 2.97. The Labute approximate surface area is 164 Å². The van der Waals surface area contributed by atoms with E-state index in [1.54, 1.807) is 38.1 Å². The van der Waals surface area contributed by atoms with E-state index in [-0.39, 0.29) is 17.2 Å². The lowest BCUT2D eigenvalue weighted by atomic mass is 10.1. The number of oxazole rings is 1. The molecule has 2 aromatic carbocycles. The number of amidine groups is 1. The van der Waals surface area contributed by atoms with Crippen LogP contribution in [0.4, 0.5) is 10.2 Å². The molecule has 2 heterocycles. The maximum absolute atomic E-state index is 14.0. The lowest BCUT2D eigenvalue weighted by Gasteiger charge is -2.07. The number of hydrogen-bond donors (Lipinski definition) is 1. The molecule has 0 aliphatic carbocycles. The predicted octanol–water partition coefficient (Wildman–Crippen LogP) is 4.73. The zero-order valence-electron chi connectivity index (χ0n) is 15.1. The van der Waals surface area contributed by atoms with Gasteiger partial charge in [-0.15, -0.1) is 0 Å². The molecule has 0 unspecified atom stereocenters. The van der Waals surface area contributed by atoms with E-state index in [0.29, 0.717) is 38.8 Å². The van der Waals surface area contributed by atoms with Gasteiger partial charge in [-0.1, -0.05) is 23.7 Å². The first-order valence-electron chi connectivity index (χ1n) is 8.41. The van der Waals surface area contributed by atoms with Crippen molar-refractivity contribution in [2.45, 2.75) is 13.8 Å². The van der Waals surface area contributed by atoms with Crippen LogP contribution in [0.2, 0.25) is 5.02 Å². The van der Waals surface area contributed by atoms with Gasteiger partial charge in [-0.3, -0.25) is 4.98 Å². The first kappa shape index (κ1) is 18.1. The Bertz CT molecular complexity index is 1200. The molecule has 0 bridgehead atoms. The predicted molar refractivity (Wildman–Crippen MR) is 106 cm³/mol. The van der Waals surface area contributed by atoms with Crippen molar-refractivity contribution in [3.63, 3.8) is 0 Å². The van der Waals surface area contributed by atoms with Crippen molar-refractivity contribution in [2.75, 3.05) is 0 Å². The zero-order valence-corrected chi connectivity index (χ0v) is 15.8. The van der Waals surface area contributed by atoms with Crippen molar-refractivity contribution in [1.29, 1.82) is 0 Å². The minimum Gasteiger partial charge on any atom is -0.441 e. The molecule has 0 atom stereocenters. The molecule has 0 radical (unpaired) electrons. The number of halogens is 2. The van der Waals surface area contributed by atoms with Crippen LogP contribution in [0.25, 0.3) is 22.4 Å². The van der Waals surface area contributed by atoms with Crippen LogP contribution in [0.5, 0.6) is 0 Å². The van der Waals surface area contributed by atoms with Gasteiger partial charge in [0.2, 0.25) is 0 Å². The third-order valence-corrected chi connectivity index (χ3v) is 4.52. The number of aliphatic imine (C=N–C) groups is 1. The molecule has 4 rings (SSSR count). The van der Waals surface area contributed by atoms with Crippen LogP contribution in [0.1, 0.15) is 17.0 Å². The molecule has 140 valence electrons. The fourth-order valence-corrected chi connectivity index (χ4v) is 3.17. The average Bonchev–Trinajstić information content (AvgIpc) is 3.00. The number of nitrogens with zero attached hydrogens (tertiary/aromatic N) is 4. The molecule has 0 aliphatic rings. The topological polar surface area (TPSA) is 90.2 Å². The highest BCUT2D eigenvalue weighted by molar-refractivity contribution is 6.34. The van der Waals surface area contributed by atoms with Crippen molar-refractivity contribution in [3.8, 4) is 11.3 Å². The fraction of sp³-hybridized carbons (Fsp3) is 0.100. The van der Waals surface area contributed by atoms with Crippen LogP contribution in [0, 0.1) is 19.7 Å². The van der Waals surface area contributed by atoms with E-state index in [2.05, 4.69) is 19.9 Å². The van der Waals surface area contributed by atoms with Crippen molar-refractivity contribution < 1.29 is 8.81 Å². The van der Waals surface area contributed by atoms with Gasteiger partial charge in [0.1, 0.15) is 17.2 Å². The van der Waals surface area contributed by atoms with Crippen LogP contribution in [-0.4, -0.2) is 20.8 Å². The second-order valence-electron chi connectivity index (χ2n) is 6.22. The molecular formula is C20H15ClFN5O. The summed E-state index contributed by atoms with van der Waals surface area (Å²) in [6.45, 7) is 3.53. The van der Waals surface area contributed by atoms with Gasteiger partial charge in [0.05, 0.1) is 28.7 Å². The maximum Gasteiger partial charge on any atom is 0.192 e. The molecule has 2 N–H and O–H groups in total. The molecule has 0 spiro atoms. The minimum absolute atomic E-state index is 0.0363. The van der Waals surface area contributed by atoms with Gasteiger partial charge >= 0.3 is 0 Å². The number of aryl methyl sites for hydroxylation is 2. The highest BCUT2D eigenvalue weighted by Crippen LogP contribution is 2.31.